The topological polar surface area (TPSA) is 17.1 Å². The molecule has 14 heavy (non-hydrogen) atoms. The van der Waals surface area contributed by atoms with Crippen LogP contribution in [0.4, 0.5) is 0 Å². The molecule has 2 aromatic rings. The maximum atomic E-state index is 11.7. The monoisotopic (exact) mass is 268 g/mol. The molecule has 0 aliphatic heterocycles. The summed E-state index contributed by atoms with van der Waals surface area (Å²) in [6, 6.07) is 7.88. The van der Waals surface area contributed by atoms with E-state index in [1.165, 1.54) is 4.70 Å². The summed E-state index contributed by atoms with van der Waals surface area (Å²) in [4.78, 5) is 11.6. The number of alkyl halides is 1. The van der Waals surface area contributed by atoms with Gasteiger partial charge in [0.15, 0.2) is 5.78 Å². The van der Waals surface area contributed by atoms with E-state index < -0.39 is 0 Å². The Bertz CT molecular complexity index is 473. The summed E-state index contributed by atoms with van der Waals surface area (Å²) in [6.45, 7) is 1.85. The summed E-state index contributed by atoms with van der Waals surface area (Å²) in [5, 5.41) is 3.19. The van der Waals surface area contributed by atoms with E-state index in [0.717, 1.165) is 10.9 Å². The van der Waals surface area contributed by atoms with Crippen LogP contribution >= 0.6 is 27.3 Å². The summed E-state index contributed by atoms with van der Waals surface area (Å²) in [5.74, 6) is 0.137. The molecule has 1 unspecified atom stereocenters. The molecule has 0 aliphatic carbocycles. The van der Waals surface area contributed by atoms with E-state index in [4.69, 9.17) is 0 Å². The summed E-state index contributed by atoms with van der Waals surface area (Å²) in [6.07, 6.45) is 0. The summed E-state index contributed by atoms with van der Waals surface area (Å²) < 4.78 is 1.23. The van der Waals surface area contributed by atoms with Gasteiger partial charge >= 0.3 is 0 Å². The number of rotatable bonds is 2. The van der Waals surface area contributed by atoms with Crippen LogP contribution in [-0.4, -0.2) is 10.6 Å². The highest BCUT2D eigenvalue weighted by molar-refractivity contribution is 9.10. The van der Waals surface area contributed by atoms with E-state index >= 15 is 0 Å². The van der Waals surface area contributed by atoms with Crippen LogP contribution in [0.25, 0.3) is 10.1 Å². The molecule has 1 aromatic carbocycles. The van der Waals surface area contributed by atoms with Gasteiger partial charge in [-0.2, -0.15) is 0 Å². The molecular weight excluding hydrogens is 260 g/mol. The van der Waals surface area contributed by atoms with Crippen molar-refractivity contribution < 1.29 is 4.79 Å². The molecule has 0 saturated heterocycles. The van der Waals surface area contributed by atoms with Crippen LogP contribution in [0.3, 0.4) is 0 Å². The highest BCUT2D eigenvalue weighted by atomic mass is 79.9. The highest BCUT2D eigenvalue weighted by Crippen LogP contribution is 2.22. The summed E-state index contributed by atoms with van der Waals surface area (Å²) in [5.41, 5.74) is 0.778. The Morgan fingerprint density at radius 1 is 1.43 bits per heavy atom. The van der Waals surface area contributed by atoms with Crippen molar-refractivity contribution in [2.75, 3.05) is 0 Å². The first-order valence-electron chi connectivity index (χ1n) is 4.34. The van der Waals surface area contributed by atoms with Gasteiger partial charge in [0.05, 0.1) is 4.83 Å². The third-order valence-electron chi connectivity index (χ3n) is 2.10. The molecule has 2 rings (SSSR count). The number of fused-ring (bicyclic) bond motifs is 1. The van der Waals surface area contributed by atoms with Crippen molar-refractivity contribution in [3.63, 3.8) is 0 Å². The van der Waals surface area contributed by atoms with Gasteiger partial charge in [0.2, 0.25) is 0 Å². The van der Waals surface area contributed by atoms with Crippen LogP contribution in [0, 0.1) is 0 Å². The Kier molecular flexibility index (Phi) is 2.70. The molecule has 3 heteroatoms. The predicted octanol–water partition coefficient (Wildman–Crippen LogP) is 3.87. The first-order valence-corrected chi connectivity index (χ1v) is 6.13. The SMILES string of the molecule is CC(Br)C(=O)c1ccc2sccc2c1. The molecule has 0 saturated carbocycles. The molecule has 1 nitrogen and oxygen atoms in total. The number of hydrogen-bond acceptors (Lipinski definition) is 2. The Hall–Kier alpha value is -0.670. The molecule has 0 N–H and O–H groups in total. The molecular formula is C11H9BrOS. The maximum absolute atomic E-state index is 11.7. The first-order chi connectivity index (χ1) is 6.68. The lowest BCUT2D eigenvalue weighted by molar-refractivity contribution is 0.0996. The molecule has 0 spiro atoms. The predicted molar refractivity (Wildman–Crippen MR) is 64.5 cm³/mol. The van der Waals surface area contributed by atoms with Crippen LogP contribution in [0.1, 0.15) is 17.3 Å². The van der Waals surface area contributed by atoms with Crippen molar-refractivity contribution in [3.05, 3.63) is 35.2 Å². The second-order valence-corrected chi connectivity index (χ2v) is 5.47. The van der Waals surface area contributed by atoms with E-state index in [1.54, 1.807) is 11.3 Å². The second kappa shape index (κ2) is 3.83. The number of hydrogen-bond donors (Lipinski definition) is 0. The smallest absolute Gasteiger partial charge is 0.176 e. The fourth-order valence-electron chi connectivity index (χ4n) is 1.35. The molecule has 1 heterocycles. The van der Waals surface area contributed by atoms with Crippen molar-refractivity contribution in [1.29, 1.82) is 0 Å². The molecule has 0 bridgehead atoms. The number of Topliss-reactive ketones (excluding diaryl/α,β-unsaturated/α-hetero) is 1. The van der Waals surface area contributed by atoms with Crippen molar-refractivity contribution in [2.24, 2.45) is 0 Å². The quantitative estimate of drug-likeness (QED) is 0.597. The lowest BCUT2D eigenvalue weighted by atomic mass is 10.1. The number of ketones is 1. The lowest BCUT2D eigenvalue weighted by Crippen LogP contribution is -2.09. The molecule has 1 atom stereocenters. The van der Waals surface area contributed by atoms with Gasteiger partial charge in [0, 0.05) is 10.3 Å². The van der Waals surface area contributed by atoms with Crippen LogP contribution in [0.5, 0.6) is 0 Å². The second-order valence-electron chi connectivity index (χ2n) is 3.15. The largest absolute Gasteiger partial charge is 0.293 e. The average Bonchev–Trinajstić information content (AvgIpc) is 2.62. The molecule has 1 aromatic heterocycles. The van der Waals surface area contributed by atoms with E-state index in [9.17, 15) is 4.79 Å². The van der Waals surface area contributed by atoms with Crippen molar-refractivity contribution in [2.45, 2.75) is 11.8 Å². The standard InChI is InChI=1S/C11H9BrOS/c1-7(12)11(13)9-2-3-10-8(6-9)4-5-14-10/h2-7H,1H3. The number of halogens is 1. The molecule has 0 radical (unpaired) electrons. The zero-order valence-electron chi connectivity index (χ0n) is 7.66. The highest BCUT2D eigenvalue weighted by Gasteiger charge is 2.11. The number of thiophene rings is 1. The van der Waals surface area contributed by atoms with Crippen LogP contribution in [0.2, 0.25) is 0 Å². The minimum Gasteiger partial charge on any atom is -0.293 e. The Balaban J connectivity index is 2.48. The van der Waals surface area contributed by atoms with Crippen LogP contribution < -0.4 is 0 Å². The van der Waals surface area contributed by atoms with Crippen LogP contribution in [0.15, 0.2) is 29.6 Å². The van der Waals surface area contributed by atoms with Crippen molar-refractivity contribution >= 4 is 43.1 Å². The van der Waals surface area contributed by atoms with Gasteiger partial charge in [-0.05, 0) is 42.0 Å². The van der Waals surface area contributed by atoms with Crippen molar-refractivity contribution in [3.8, 4) is 0 Å². The van der Waals surface area contributed by atoms with Crippen LogP contribution in [-0.2, 0) is 0 Å². The Labute approximate surface area is 94.9 Å². The van der Waals surface area contributed by atoms with Crippen molar-refractivity contribution in [1.82, 2.24) is 0 Å². The van der Waals surface area contributed by atoms with Gasteiger partial charge in [-0.1, -0.05) is 15.9 Å². The molecule has 0 amide bonds. The first kappa shape index (κ1) is 9.87. The van der Waals surface area contributed by atoms with Gasteiger partial charge in [0.1, 0.15) is 0 Å². The number of carbonyl (C=O) groups is 1. The van der Waals surface area contributed by atoms with E-state index in [1.807, 2.05) is 36.6 Å². The fourth-order valence-corrected chi connectivity index (χ4v) is 2.38. The molecule has 0 fully saturated rings. The minimum absolute atomic E-state index is 0.112. The zero-order chi connectivity index (χ0) is 10.1. The van der Waals surface area contributed by atoms with E-state index in [-0.39, 0.29) is 10.6 Å². The fraction of sp³-hybridized carbons (Fsp3) is 0.182. The van der Waals surface area contributed by atoms with Gasteiger partial charge in [-0.25, -0.2) is 0 Å². The van der Waals surface area contributed by atoms with Gasteiger partial charge in [-0.15, -0.1) is 11.3 Å². The third-order valence-corrected chi connectivity index (χ3v) is 3.41. The average molecular weight is 269 g/mol. The van der Waals surface area contributed by atoms with E-state index in [0.29, 0.717) is 0 Å². The molecule has 72 valence electrons. The van der Waals surface area contributed by atoms with Gasteiger partial charge in [-0.3, -0.25) is 4.79 Å². The number of benzene rings is 1. The number of carbonyl (C=O) groups excluding carboxylic acids is 1. The summed E-state index contributed by atoms with van der Waals surface area (Å²) >= 11 is 4.98. The lowest BCUT2D eigenvalue weighted by Gasteiger charge is -2.02. The zero-order valence-corrected chi connectivity index (χ0v) is 10.1. The third kappa shape index (κ3) is 1.74. The van der Waals surface area contributed by atoms with Gasteiger partial charge in [0.25, 0.3) is 0 Å². The summed E-state index contributed by atoms with van der Waals surface area (Å²) in [7, 11) is 0. The van der Waals surface area contributed by atoms with Gasteiger partial charge < -0.3 is 0 Å². The maximum Gasteiger partial charge on any atom is 0.176 e. The Morgan fingerprint density at radius 2 is 2.21 bits per heavy atom. The Morgan fingerprint density at radius 3 is 2.93 bits per heavy atom. The molecule has 0 aliphatic rings. The minimum atomic E-state index is -0.112. The van der Waals surface area contributed by atoms with E-state index in [2.05, 4.69) is 15.9 Å². The normalized spacial score (nSPS) is 13.0.